The van der Waals surface area contributed by atoms with E-state index < -0.39 is 11.2 Å². The van der Waals surface area contributed by atoms with Crippen LogP contribution in [0.2, 0.25) is 0 Å². The van der Waals surface area contributed by atoms with Crippen molar-refractivity contribution in [1.82, 2.24) is 14.9 Å². The third kappa shape index (κ3) is 4.14. The molecule has 3 rings (SSSR count). The highest BCUT2D eigenvalue weighted by molar-refractivity contribution is 5.76. The van der Waals surface area contributed by atoms with E-state index in [1.165, 1.54) is 18.3 Å². The van der Waals surface area contributed by atoms with Crippen molar-refractivity contribution in [3.63, 3.8) is 0 Å². The molecule has 0 atom stereocenters. The molecule has 1 fully saturated rings. The molecule has 7 nitrogen and oxygen atoms in total. The third-order valence-electron chi connectivity index (χ3n) is 4.26. The minimum absolute atomic E-state index is 0.0195. The maximum absolute atomic E-state index is 13.8. The van der Waals surface area contributed by atoms with Crippen molar-refractivity contribution in [2.45, 2.75) is 25.4 Å². The van der Waals surface area contributed by atoms with Gasteiger partial charge in [-0.3, -0.25) is 19.1 Å². The van der Waals surface area contributed by atoms with Gasteiger partial charge in [-0.25, -0.2) is 9.18 Å². The first kappa shape index (κ1) is 16.9. The van der Waals surface area contributed by atoms with Crippen molar-refractivity contribution >= 4 is 11.6 Å². The monoisotopic (exact) mass is 346 g/mol. The number of rotatable bonds is 4. The first-order chi connectivity index (χ1) is 12.0. The van der Waals surface area contributed by atoms with E-state index in [0.29, 0.717) is 31.6 Å². The van der Waals surface area contributed by atoms with Crippen molar-refractivity contribution in [3.8, 4) is 0 Å². The van der Waals surface area contributed by atoms with Gasteiger partial charge in [0.2, 0.25) is 5.91 Å². The molecule has 2 N–H and O–H groups in total. The van der Waals surface area contributed by atoms with Gasteiger partial charge in [0.1, 0.15) is 12.4 Å². The molecular formula is C17H19FN4O3. The fourth-order valence-electron chi connectivity index (χ4n) is 2.97. The summed E-state index contributed by atoms with van der Waals surface area (Å²) in [6, 6.07) is 7.82. The highest BCUT2D eigenvalue weighted by Crippen LogP contribution is 2.22. The van der Waals surface area contributed by atoms with Crippen LogP contribution >= 0.6 is 0 Å². The maximum atomic E-state index is 13.8. The molecule has 1 aliphatic heterocycles. The van der Waals surface area contributed by atoms with Crippen molar-refractivity contribution < 1.29 is 9.18 Å². The van der Waals surface area contributed by atoms with Crippen molar-refractivity contribution in [1.29, 1.82) is 0 Å². The number of piperidine rings is 1. The number of hydrogen-bond donors (Lipinski definition) is 2. The number of H-pyrrole nitrogens is 1. The molecule has 2 heterocycles. The molecule has 0 aliphatic carbocycles. The smallest absolute Gasteiger partial charge is 0.328 e. The Kier molecular flexibility index (Phi) is 4.97. The summed E-state index contributed by atoms with van der Waals surface area (Å²) in [7, 11) is 0. The van der Waals surface area contributed by atoms with Crippen molar-refractivity contribution in [3.05, 3.63) is 63.2 Å². The molecule has 0 bridgehead atoms. The summed E-state index contributed by atoms with van der Waals surface area (Å²) < 4.78 is 15.0. The van der Waals surface area contributed by atoms with E-state index >= 15 is 0 Å². The number of hydrogen-bond acceptors (Lipinski definition) is 4. The van der Waals surface area contributed by atoms with Crippen LogP contribution in [0.3, 0.4) is 0 Å². The van der Waals surface area contributed by atoms with Crippen LogP contribution in [-0.2, 0) is 11.3 Å². The molecule has 2 aromatic rings. The number of amides is 1. The minimum atomic E-state index is -0.614. The van der Waals surface area contributed by atoms with E-state index in [2.05, 4.69) is 10.3 Å². The molecule has 0 radical (unpaired) electrons. The molecule has 0 saturated carbocycles. The molecule has 0 unspecified atom stereocenters. The number of halogens is 1. The molecule has 8 heteroatoms. The number of nitrogens with one attached hydrogen (secondary N) is 2. The van der Waals surface area contributed by atoms with E-state index in [1.54, 1.807) is 18.2 Å². The summed E-state index contributed by atoms with van der Waals surface area (Å²) in [5, 5.41) is 2.88. The zero-order valence-corrected chi connectivity index (χ0v) is 13.6. The highest BCUT2D eigenvalue weighted by Gasteiger charge is 2.22. The predicted molar refractivity (Wildman–Crippen MR) is 91.1 cm³/mol. The third-order valence-corrected chi connectivity index (χ3v) is 4.26. The van der Waals surface area contributed by atoms with Crippen LogP contribution in [0.4, 0.5) is 10.1 Å². The second-order valence-corrected chi connectivity index (χ2v) is 6.02. The van der Waals surface area contributed by atoms with E-state index in [-0.39, 0.29) is 24.3 Å². The second kappa shape index (κ2) is 7.33. The summed E-state index contributed by atoms with van der Waals surface area (Å²) in [4.78, 5) is 38.8. The topological polar surface area (TPSA) is 87.2 Å². The largest absolute Gasteiger partial charge is 0.369 e. The standard InChI is InChI=1S/C17H19FN4O3/c18-13-3-1-2-4-14(13)21-8-5-12(6-9-21)19-16(24)11-22-10-7-15(23)20-17(22)25/h1-4,7,10,12H,5-6,8-9,11H2,(H,19,24)(H,20,23,25). The number of benzene rings is 1. The normalized spacial score (nSPS) is 15.2. The summed E-state index contributed by atoms with van der Waals surface area (Å²) in [6.07, 6.45) is 2.68. The van der Waals surface area contributed by atoms with Crippen LogP contribution in [0.25, 0.3) is 0 Å². The number of anilines is 1. The van der Waals surface area contributed by atoms with Gasteiger partial charge in [-0.2, -0.15) is 0 Å². The quantitative estimate of drug-likeness (QED) is 0.842. The van der Waals surface area contributed by atoms with E-state index in [9.17, 15) is 18.8 Å². The molecule has 132 valence electrons. The Morgan fingerprint density at radius 1 is 1.20 bits per heavy atom. The SMILES string of the molecule is O=C(Cn1ccc(=O)[nH]c1=O)NC1CCN(c2ccccc2F)CC1. The Morgan fingerprint density at radius 3 is 2.60 bits per heavy atom. The molecule has 25 heavy (non-hydrogen) atoms. The Bertz CT molecular complexity index is 868. The summed E-state index contributed by atoms with van der Waals surface area (Å²) >= 11 is 0. The van der Waals surface area contributed by atoms with Gasteiger partial charge in [-0.15, -0.1) is 0 Å². The molecule has 1 aromatic carbocycles. The highest BCUT2D eigenvalue weighted by atomic mass is 19.1. The van der Waals surface area contributed by atoms with Gasteiger partial charge in [-0.05, 0) is 25.0 Å². The van der Waals surface area contributed by atoms with Crippen LogP contribution in [0, 0.1) is 5.82 Å². The first-order valence-electron chi connectivity index (χ1n) is 8.11. The number of nitrogens with zero attached hydrogens (tertiary/aromatic N) is 2. The van der Waals surface area contributed by atoms with Crippen LogP contribution in [0.1, 0.15) is 12.8 Å². The van der Waals surface area contributed by atoms with Crippen LogP contribution in [0.15, 0.2) is 46.1 Å². The van der Waals surface area contributed by atoms with Crippen LogP contribution in [-0.4, -0.2) is 34.6 Å². The number of aromatic amines is 1. The number of para-hydroxylation sites is 1. The van der Waals surface area contributed by atoms with Gasteiger partial charge in [0.25, 0.3) is 5.56 Å². The molecule has 1 amide bonds. The lowest BCUT2D eigenvalue weighted by molar-refractivity contribution is -0.122. The Morgan fingerprint density at radius 2 is 1.92 bits per heavy atom. The minimum Gasteiger partial charge on any atom is -0.369 e. The average molecular weight is 346 g/mol. The lowest BCUT2D eigenvalue weighted by atomic mass is 10.0. The van der Waals surface area contributed by atoms with Crippen molar-refractivity contribution in [2.24, 2.45) is 0 Å². The predicted octanol–water partition coefficient (Wildman–Crippen LogP) is 0.461. The van der Waals surface area contributed by atoms with Gasteiger partial charge >= 0.3 is 5.69 Å². The van der Waals surface area contributed by atoms with Gasteiger partial charge in [0.15, 0.2) is 0 Å². The Labute approximate surface area is 143 Å². The fourth-order valence-corrected chi connectivity index (χ4v) is 2.97. The lowest BCUT2D eigenvalue weighted by Gasteiger charge is -2.34. The first-order valence-corrected chi connectivity index (χ1v) is 8.11. The summed E-state index contributed by atoms with van der Waals surface area (Å²) in [6.45, 7) is 1.14. The Hall–Kier alpha value is -2.90. The molecular weight excluding hydrogens is 327 g/mol. The van der Waals surface area contributed by atoms with Gasteiger partial charge in [-0.1, -0.05) is 12.1 Å². The molecule has 1 aromatic heterocycles. The van der Waals surface area contributed by atoms with Gasteiger partial charge in [0, 0.05) is 31.4 Å². The van der Waals surface area contributed by atoms with E-state index in [1.807, 2.05) is 4.90 Å². The van der Waals surface area contributed by atoms with Gasteiger partial charge in [0.05, 0.1) is 5.69 Å². The van der Waals surface area contributed by atoms with E-state index in [4.69, 9.17) is 0 Å². The fraction of sp³-hybridized carbons (Fsp3) is 0.353. The molecule has 0 spiro atoms. The molecule has 1 aliphatic rings. The summed E-state index contributed by atoms with van der Waals surface area (Å²) in [5.41, 5.74) is -0.536. The maximum Gasteiger partial charge on any atom is 0.328 e. The summed E-state index contributed by atoms with van der Waals surface area (Å²) in [5.74, 6) is -0.541. The second-order valence-electron chi connectivity index (χ2n) is 6.02. The lowest BCUT2D eigenvalue weighted by Crippen LogP contribution is -2.46. The van der Waals surface area contributed by atoms with Crippen LogP contribution in [0.5, 0.6) is 0 Å². The Balaban J connectivity index is 1.53. The number of carbonyl (C=O) groups is 1. The van der Waals surface area contributed by atoms with Crippen LogP contribution < -0.4 is 21.5 Å². The zero-order valence-electron chi connectivity index (χ0n) is 13.6. The van der Waals surface area contributed by atoms with Gasteiger partial charge < -0.3 is 10.2 Å². The van der Waals surface area contributed by atoms with E-state index in [0.717, 1.165) is 4.57 Å². The van der Waals surface area contributed by atoms with Crippen molar-refractivity contribution in [2.75, 3.05) is 18.0 Å². The average Bonchev–Trinajstić information content (AvgIpc) is 2.59. The number of aromatic nitrogens is 2. The number of carbonyl (C=O) groups excluding carboxylic acids is 1. The molecule has 1 saturated heterocycles. The zero-order chi connectivity index (χ0) is 17.8.